The van der Waals surface area contributed by atoms with Gasteiger partial charge in [0.15, 0.2) is 5.82 Å². The lowest BCUT2D eigenvalue weighted by atomic mass is 10.0. The molecule has 1 amide bonds. The van der Waals surface area contributed by atoms with Gasteiger partial charge >= 0.3 is 0 Å². The van der Waals surface area contributed by atoms with Gasteiger partial charge in [-0.3, -0.25) is 4.79 Å². The van der Waals surface area contributed by atoms with Gasteiger partial charge in [-0.1, -0.05) is 0 Å². The first-order chi connectivity index (χ1) is 7.58. The molecule has 96 valence electrons. The predicted octanol–water partition coefficient (Wildman–Crippen LogP) is 0.749. The van der Waals surface area contributed by atoms with Crippen molar-refractivity contribution in [2.24, 2.45) is 5.92 Å². The molecule has 0 aromatic carbocycles. The fourth-order valence-corrected chi connectivity index (χ4v) is 1.53. The Hall–Kier alpha value is -1.27. The van der Waals surface area contributed by atoms with Crippen molar-refractivity contribution >= 4 is 24.1 Å². The number of amides is 1. The van der Waals surface area contributed by atoms with Crippen molar-refractivity contribution in [3.05, 3.63) is 6.07 Å². The number of rotatable bonds is 3. The van der Waals surface area contributed by atoms with E-state index in [1.165, 1.54) is 10.7 Å². The van der Waals surface area contributed by atoms with Crippen LogP contribution in [0.15, 0.2) is 6.07 Å². The standard InChI is InChI=1S/C10H16N4O2.ClH/c1-6(2)14-9(15)3-8(13-14)12-10(16)7-4-11-5-7;/h3,6-7,11,15H,4-5H2,1-2H3,(H,12,13,16);1H. The minimum absolute atomic E-state index is 0. The van der Waals surface area contributed by atoms with E-state index in [2.05, 4.69) is 15.7 Å². The zero-order chi connectivity index (χ0) is 11.7. The van der Waals surface area contributed by atoms with E-state index in [0.717, 1.165) is 0 Å². The number of carbonyl (C=O) groups is 1. The van der Waals surface area contributed by atoms with Gasteiger partial charge in [0.05, 0.1) is 12.0 Å². The molecule has 1 aromatic rings. The quantitative estimate of drug-likeness (QED) is 0.749. The van der Waals surface area contributed by atoms with Crippen LogP contribution in [0.5, 0.6) is 5.88 Å². The number of nitrogens with zero attached hydrogens (tertiary/aromatic N) is 2. The molecule has 6 nitrogen and oxygen atoms in total. The number of hydrogen-bond donors (Lipinski definition) is 3. The average Bonchev–Trinajstić information content (AvgIpc) is 2.43. The number of aromatic hydroxyl groups is 1. The molecule has 0 saturated carbocycles. The lowest BCUT2D eigenvalue weighted by Crippen LogP contribution is -2.48. The van der Waals surface area contributed by atoms with Gasteiger partial charge in [0, 0.05) is 19.2 Å². The predicted molar refractivity (Wildman–Crippen MR) is 66.5 cm³/mol. The molecule has 0 spiro atoms. The first-order valence-electron chi connectivity index (χ1n) is 5.38. The molecule has 0 aliphatic carbocycles. The van der Waals surface area contributed by atoms with E-state index in [1.807, 2.05) is 13.8 Å². The van der Waals surface area contributed by atoms with Crippen molar-refractivity contribution in [1.29, 1.82) is 0 Å². The van der Waals surface area contributed by atoms with Gasteiger partial charge < -0.3 is 15.7 Å². The third kappa shape index (κ3) is 2.89. The Morgan fingerprint density at radius 2 is 2.29 bits per heavy atom. The highest BCUT2D eigenvalue weighted by Gasteiger charge is 2.25. The Kier molecular flexibility index (Phi) is 4.36. The zero-order valence-electron chi connectivity index (χ0n) is 9.80. The molecule has 3 N–H and O–H groups in total. The maximum absolute atomic E-state index is 11.6. The second-order valence-electron chi connectivity index (χ2n) is 4.27. The van der Waals surface area contributed by atoms with Crippen LogP contribution < -0.4 is 10.6 Å². The fourth-order valence-electron chi connectivity index (χ4n) is 1.53. The highest BCUT2D eigenvalue weighted by molar-refractivity contribution is 5.92. The molecule has 2 rings (SSSR count). The Morgan fingerprint density at radius 1 is 1.65 bits per heavy atom. The number of nitrogens with one attached hydrogen (secondary N) is 2. The maximum atomic E-state index is 11.6. The van der Waals surface area contributed by atoms with Crippen LogP contribution in [-0.4, -0.2) is 33.9 Å². The van der Waals surface area contributed by atoms with E-state index < -0.39 is 0 Å². The Bertz CT molecular complexity index is 401. The van der Waals surface area contributed by atoms with Gasteiger partial charge in [-0.15, -0.1) is 12.4 Å². The first-order valence-corrected chi connectivity index (χ1v) is 5.38. The van der Waals surface area contributed by atoms with E-state index in [1.54, 1.807) is 0 Å². The van der Waals surface area contributed by atoms with Gasteiger partial charge in [-0.2, -0.15) is 5.10 Å². The summed E-state index contributed by atoms with van der Waals surface area (Å²) in [6, 6.07) is 1.53. The summed E-state index contributed by atoms with van der Waals surface area (Å²) in [6.45, 7) is 5.24. The molecule has 7 heteroatoms. The molecule has 2 heterocycles. The zero-order valence-corrected chi connectivity index (χ0v) is 10.6. The van der Waals surface area contributed by atoms with Crippen LogP contribution in [0.1, 0.15) is 19.9 Å². The number of hydrogen-bond acceptors (Lipinski definition) is 4. The highest BCUT2D eigenvalue weighted by atomic mass is 35.5. The van der Waals surface area contributed by atoms with E-state index >= 15 is 0 Å². The van der Waals surface area contributed by atoms with Gasteiger partial charge in [0.2, 0.25) is 11.8 Å². The maximum Gasteiger partial charge on any atom is 0.231 e. The van der Waals surface area contributed by atoms with E-state index in [0.29, 0.717) is 18.9 Å². The molecular formula is C10H17ClN4O2. The summed E-state index contributed by atoms with van der Waals surface area (Å²) < 4.78 is 1.47. The van der Waals surface area contributed by atoms with Gasteiger partial charge in [-0.25, -0.2) is 4.68 Å². The van der Waals surface area contributed by atoms with Crippen LogP contribution in [-0.2, 0) is 4.79 Å². The van der Waals surface area contributed by atoms with Crippen LogP contribution in [0.25, 0.3) is 0 Å². The number of carbonyl (C=O) groups excluding carboxylic acids is 1. The fraction of sp³-hybridized carbons (Fsp3) is 0.600. The van der Waals surface area contributed by atoms with Crippen molar-refractivity contribution in [3.8, 4) is 5.88 Å². The minimum Gasteiger partial charge on any atom is -0.493 e. The molecule has 1 aliphatic heterocycles. The summed E-state index contributed by atoms with van der Waals surface area (Å²) in [6.07, 6.45) is 0. The molecule has 1 fully saturated rings. The highest BCUT2D eigenvalue weighted by Crippen LogP contribution is 2.20. The lowest BCUT2D eigenvalue weighted by molar-refractivity contribution is -0.121. The number of halogens is 1. The molecule has 0 radical (unpaired) electrons. The molecule has 1 saturated heterocycles. The molecule has 1 aromatic heterocycles. The third-order valence-electron chi connectivity index (χ3n) is 2.61. The van der Waals surface area contributed by atoms with Gasteiger partial charge in [0.1, 0.15) is 0 Å². The van der Waals surface area contributed by atoms with Crippen molar-refractivity contribution in [2.75, 3.05) is 18.4 Å². The first kappa shape index (κ1) is 13.8. The van der Waals surface area contributed by atoms with Crippen LogP contribution in [0.4, 0.5) is 5.82 Å². The van der Waals surface area contributed by atoms with E-state index in [9.17, 15) is 9.90 Å². The van der Waals surface area contributed by atoms with Gasteiger partial charge in [-0.05, 0) is 13.8 Å². The molecule has 0 atom stereocenters. The van der Waals surface area contributed by atoms with Crippen LogP contribution >= 0.6 is 12.4 Å². The third-order valence-corrected chi connectivity index (χ3v) is 2.61. The molecule has 17 heavy (non-hydrogen) atoms. The minimum atomic E-state index is -0.0489. The van der Waals surface area contributed by atoms with Crippen molar-refractivity contribution in [1.82, 2.24) is 15.1 Å². The second kappa shape index (κ2) is 5.37. The Morgan fingerprint density at radius 3 is 2.71 bits per heavy atom. The Labute approximate surface area is 106 Å². The van der Waals surface area contributed by atoms with Crippen LogP contribution in [0, 0.1) is 5.92 Å². The molecular weight excluding hydrogens is 244 g/mol. The van der Waals surface area contributed by atoms with Crippen molar-refractivity contribution in [2.45, 2.75) is 19.9 Å². The van der Waals surface area contributed by atoms with Crippen LogP contribution in [0.3, 0.4) is 0 Å². The lowest BCUT2D eigenvalue weighted by Gasteiger charge is -2.25. The summed E-state index contributed by atoms with van der Waals surface area (Å²) in [4.78, 5) is 11.6. The monoisotopic (exact) mass is 260 g/mol. The molecule has 0 unspecified atom stereocenters. The topological polar surface area (TPSA) is 79.2 Å². The molecule has 0 bridgehead atoms. The summed E-state index contributed by atoms with van der Waals surface area (Å²) in [5, 5.41) is 19.4. The van der Waals surface area contributed by atoms with E-state index in [-0.39, 0.29) is 36.2 Å². The number of anilines is 1. The van der Waals surface area contributed by atoms with Crippen LogP contribution in [0.2, 0.25) is 0 Å². The van der Waals surface area contributed by atoms with E-state index in [4.69, 9.17) is 0 Å². The normalized spacial score (nSPS) is 15.2. The van der Waals surface area contributed by atoms with Crippen molar-refractivity contribution < 1.29 is 9.90 Å². The summed E-state index contributed by atoms with van der Waals surface area (Å²) >= 11 is 0. The SMILES string of the molecule is CC(C)n1nc(NC(=O)C2CNC2)cc1O.Cl. The van der Waals surface area contributed by atoms with Crippen molar-refractivity contribution in [3.63, 3.8) is 0 Å². The van der Waals surface area contributed by atoms with Gasteiger partial charge in [0.25, 0.3) is 0 Å². The number of aromatic nitrogens is 2. The largest absolute Gasteiger partial charge is 0.493 e. The average molecular weight is 261 g/mol. The Balaban J connectivity index is 0.00000144. The smallest absolute Gasteiger partial charge is 0.231 e. The second-order valence-corrected chi connectivity index (χ2v) is 4.27. The summed E-state index contributed by atoms with van der Waals surface area (Å²) in [7, 11) is 0. The summed E-state index contributed by atoms with van der Waals surface area (Å²) in [5.41, 5.74) is 0. The molecule has 1 aliphatic rings. The summed E-state index contributed by atoms with van der Waals surface area (Å²) in [5.74, 6) is 0.443.